The molecule has 35 heavy (non-hydrogen) atoms. The maximum absolute atomic E-state index is 12.5. The summed E-state index contributed by atoms with van der Waals surface area (Å²) in [5.41, 5.74) is 6.67. The third kappa shape index (κ3) is 4.87. The van der Waals surface area contributed by atoms with Gasteiger partial charge in [0.1, 0.15) is 18.1 Å². The van der Waals surface area contributed by atoms with Crippen molar-refractivity contribution in [3.63, 3.8) is 0 Å². The molecule has 1 N–H and O–H groups in total. The number of aromatic nitrogens is 1. The van der Waals surface area contributed by atoms with Crippen molar-refractivity contribution in [2.45, 2.75) is 20.5 Å². The van der Waals surface area contributed by atoms with Crippen LogP contribution in [0.15, 0.2) is 101 Å². The summed E-state index contributed by atoms with van der Waals surface area (Å²) in [7, 11) is 0. The van der Waals surface area contributed by atoms with Crippen LogP contribution in [0.4, 0.5) is 0 Å². The quantitative estimate of drug-likeness (QED) is 0.231. The molecule has 0 saturated carbocycles. The Bertz CT molecular complexity index is 1510. The molecule has 3 aromatic carbocycles. The Kier molecular flexibility index (Phi) is 6.18. The Morgan fingerprint density at radius 2 is 1.71 bits per heavy atom. The Hall–Kier alpha value is -4.58. The van der Waals surface area contributed by atoms with E-state index in [9.17, 15) is 4.79 Å². The van der Waals surface area contributed by atoms with Crippen molar-refractivity contribution < 1.29 is 13.9 Å². The van der Waals surface area contributed by atoms with E-state index in [1.807, 2.05) is 55.5 Å². The van der Waals surface area contributed by atoms with Crippen LogP contribution in [0, 0.1) is 13.8 Å². The number of aryl methyl sites for hydroxylation is 1. The second-order valence-corrected chi connectivity index (χ2v) is 8.26. The highest BCUT2D eigenvalue weighted by atomic mass is 16.5. The van der Waals surface area contributed by atoms with Gasteiger partial charge in [0.2, 0.25) is 0 Å². The zero-order chi connectivity index (χ0) is 24.2. The molecule has 0 aliphatic heterocycles. The normalized spacial score (nSPS) is 11.3. The molecule has 1 amide bonds. The molecule has 174 valence electrons. The van der Waals surface area contributed by atoms with Gasteiger partial charge in [-0.05, 0) is 67.1 Å². The number of amides is 1. The number of hydrazone groups is 1. The van der Waals surface area contributed by atoms with Gasteiger partial charge >= 0.3 is 5.91 Å². The third-order valence-corrected chi connectivity index (χ3v) is 5.84. The molecule has 0 atom stereocenters. The summed E-state index contributed by atoms with van der Waals surface area (Å²) in [6.07, 6.45) is 1.65. The largest absolute Gasteiger partial charge is 0.486 e. The van der Waals surface area contributed by atoms with E-state index >= 15 is 0 Å². The fourth-order valence-corrected chi connectivity index (χ4v) is 4.10. The van der Waals surface area contributed by atoms with Gasteiger partial charge in [-0.25, -0.2) is 5.43 Å². The van der Waals surface area contributed by atoms with Crippen LogP contribution in [0.5, 0.6) is 5.75 Å². The Morgan fingerprint density at radius 3 is 2.54 bits per heavy atom. The number of nitrogens with zero attached hydrogens (tertiary/aromatic N) is 2. The molecule has 0 aliphatic carbocycles. The first-order valence-electron chi connectivity index (χ1n) is 11.4. The Balaban J connectivity index is 1.25. The molecule has 0 bridgehead atoms. The Labute approximate surface area is 203 Å². The van der Waals surface area contributed by atoms with Gasteiger partial charge in [0.15, 0.2) is 5.76 Å². The molecule has 5 rings (SSSR count). The summed E-state index contributed by atoms with van der Waals surface area (Å²) in [4.78, 5) is 12.5. The number of carbonyl (C=O) groups is 1. The summed E-state index contributed by atoms with van der Waals surface area (Å²) in [6.45, 7) is 4.33. The van der Waals surface area contributed by atoms with Gasteiger partial charge in [-0.15, -0.1) is 0 Å². The van der Waals surface area contributed by atoms with E-state index in [2.05, 4.69) is 52.3 Å². The predicted molar refractivity (Wildman–Crippen MR) is 137 cm³/mol. The van der Waals surface area contributed by atoms with E-state index < -0.39 is 5.91 Å². The maximum Gasteiger partial charge on any atom is 0.307 e. The standard InChI is InChI=1S/C29H25N3O3/c1-20-16-24(21(2)32(20)25-13-12-22-8-6-7-9-23(22)17-25)18-30-31-29(33)28-15-14-27(35-28)19-34-26-10-4-3-5-11-26/h3-18H,19H2,1-2H3,(H,31,33)/b30-18-. The van der Waals surface area contributed by atoms with Crippen LogP contribution in [0.1, 0.15) is 33.3 Å². The first-order chi connectivity index (χ1) is 17.1. The van der Waals surface area contributed by atoms with Crippen molar-refractivity contribution >= 4 is 22.9 Å². The number of ether oxygens (including phenoxy) is 1. The molecular formula is C29H25N3O3. The number of furan rings is 1. The summed E-state index contributed by atoms with van der Waals surface area (Å²) in [6, 6.07) is 29.5. The van der Waals surface area contributed by atoms with E-state index in [1.54, 1.807) is 18.3 Å². The maximum atomic E-state index is 12.5. The van der Waals surface area contributed by atoms with Crippen LogP contribution in [0.2, 0.25) is 0 Å². The number of para-hydroxylation sites is 1. The SMILES string of the molecule is Cc1cc(/C=N\NC(=O)c2ccc(COc3ccccc3)o2)c(C)n1-c1ccc2ccccc2c1. The van der Waals surface area contributed by atoms with Crippen LogP contribution in [-0.2, 0) is 6.61 Å². The van der Waals surface area contributed by atoms with Gasteiger partial charge < -0.3 is 13.7 Å². The molecular weight excluding hydrogens is 438 g/mol. The molecule has 0 saturated heterocycles. The summed E-state index contributed by atoms with van der Waals surface area (Å²) in [5.74, 6) is 1.05. The van der Waals surface area contributed by atoms with Gasteiger partial charge in [-0.2, -0.15) is 5.10 Å². The highest BCUT2D eigenvalue weighted by Crippen LogP contribution is 2.23. The predicted octanol–water partition coefficient (Wildman–Crippen LogP) is 6.18. The summed E-state index contributed by atoms with van der Waals surface area (Å²) in [5, 5.41) is 6.54. The van der Waals surface area contributed by atoms with E-state index in [-0.39, 0.29) is 12.4 Å². The minimum absolute atomic E-state index is 0.176. The van der Waals surface area contributed by atoms with E-state index in [0.717, 1.165) is 28.4 Å². The van der Waals surface area contributed by atoms with Gasteiger partial charge in [-0.3, -0.25) is 4.79 Å². The molecule has 0 fully saturated rings. The van der Waals surface area contributed by atoms with Crippen LogP contribution in [0.3, 0.4) is 0 Å². The van der Waals surface area contributed by atoms with Crippen molar-refractivity contribution in [1.29, 1.82) is 0 Å². The highest BCUT2D eigenvalue weighted by Gasteiger charge is 2.12. The third-order valence-electron chi connectivity index (χ3n) is 5.84. The van der Waals surface area contributed by atoms with Crippen molar-refractivity contribution in [2.75, 3.05) is 0 Å². The van der Waals surface area contributed by atoms with Crippen molar-refractivity contribution in [1.82, 2.24) is 9.99 Å². The molecule has 2 aromatic heterocycles. The lowest BCUT2D eigenvalue weighted by atomic mass is 10.1. The number of nitrogens with one attached hydrogen (secondary N) is 1. The van der Waals surface area contributed by atoms with Crippen LogP contribution in [0.25, 0.3) is 16.5 Å². The highest BCUT2D eigenvalue weighted by molar-refractivity contribution is 5.92. The van der Waals surface area contributed by atoms with E-state index in [0.29, 0.717) is 5.76 Å². The average molecular weight is 464 g/mol. The molecule has 5 aromatic rings. The van der Waals surface area contributed by atoms with Crippen LogP contribution in [-0.4, -0.2) is 16.7 Å². The van der Waals surface area contributed by atoms with E-state index in [1.165, 1.54) is 10.8 Å². The lowest BCUT2D eigenvalue weighted by Gasteiger charge is -2.11. The monoisotopic (exact) mass is 463 g/mol. The zero-order valence-electron chi connectivity index (χ0n) is 19.6. The lowest BCUT2D eigenvalue weighted by molar-refractivity contribution is 0.0923. The van der Waals surface area contributed by atoms with Gasteiger partial charge in [0.25, 0.3) is 0 Å². The average Bonchev–Trinajstić information content (AvgIpc) is 3.47. The zero-order valence-corrected chi connectivity index (χ0v) is 19.6. The molecule has 6 heteroatoms. The number of rotatable bonds is 7. The van der Waals surface area contributed by atoms with E-state index in [4.69, 9.17) is 9.15 Å². The van der Waals surface area contributed by atoms with Crippen LogP contribution >= 0.6 is 0 Å². The lowest BCUT2D eigenvalue weighted by Crippen LogP contribution is -2.16. The van der Waals surface area contributed by atoms with Crippen molar-refractivity contribution in [3.05, 3.63) is 119 Å². The first-order valence-corrected chi connectivity index (χ1v) is 11.4. The fourth-order valence-electron chi connectivity index (χ4n) is 4.10. The van der Waals surface area contributed by atoms with Crippen LogP contribution < -0.4 is 10.2 Å². The second-order valence-electron chi connectivity index (χ2n) is 8.26. The summed E-state index contributed by atoms with van der Waals surface area (Å²) >= 11 is 0. The molecule has 0 radical (unpaired) electrons. The molecule has 2 heterocycles. The minimum atomic E-state index is -0.421. The summed E-state index contributed by atoms with van der Waals surface area (Å²) < 4.78 is 13.4. The molecule has 0 unspecified atom stereocenters. The second kappa shape index (κ2) is 9.73. The van der Waals surface area contributed by atoms with Crippen molar-refractivity contribution in [3.8, 4) is 11.4 Å². The number of carbonyl (C=O) groups excluding carboxylic acids is 1. The fraction of sp³-hybridized carbons (Fsp3) is 0.103. The number of benzene rings is 3. The topological polar surface area (TPSA) is 68.8 Å². The van der Waals surface area contributed by atoms with Gasteiger partial charge in [-0.1, -0.05) is 48.5 Å². The molecule has 6 nitrogen and oxygen atoms in total. The molecule has 0 aliphatic rings. The van der Waals surface area contributed by atoms with Gasteiger partial charge in [0, 0.05) is 22.6 Å². The minimum Gasteiger partial charge on any atom is -0.486 e. The number of hydrogen-bond donors (Lipinski definition) is 1. The Morgan fingerprint density at radius 1 is 0.943 bits per heavy atom. The number of hydrogen-bond acceptors (Lipinski definition) is 4. The van der Waals surface area contributed by atoms with Crippen molar-refractivity contribution in [2.24, 2.45) is 5.10 Å². The smallest absolute Gasteiger partial charge is 0.307 e. The van der Waals surface area contributed by atoms with Gasteiger partial charge in [0.05, 0.1) is 6.21 Å². The number of fused-ring (bicyclic) bond motifs is 1. The first kappa shape index (κ1) is 22.2. The molecule has 0 spiro atoms.